The fourth-order valence-electron chi connectivity index (χ4n) is 3.61. The number of anilines is 2. The van der Waals surface area contributed by atoms with Crippen molar-refractivity contribution in [3.63, 3.8) is 0 Å². The number of thiazole rings is 1. The van der Waals surface area contributed by atoms with Crippen LogP contribution in [0.2, 0.25) is 5.02 Å². The minimum Gasteiger partial charge on any atom is -0.395 e. The van der Waals surface area contributed by atoms with E-state index < -0.39 is 0 Å². The van der Waals surface area contributed by atoms with Crippen LogP contribution in [0.1, 0.15) is 31.1 Å². The summed E-state index contributed by atoms with van der Waals surface area (Å²) in [7, 11) is 0. The topological polar surface area (TPSA) is 94.5 Å². The highest BCUT2D eigenvalue weighted by atomic mass is 35.5. The number of aryl methyl sites for hydroxylation is 2. The van der Waals surface area contributed by atoms with Crippen LogP contribution in [0.3, 0.4) is 0 Å². The molecule has 0 spiro atoms. The van der Waals surface area contributed by atoms with Crippen LogP contribution in [-0.2, 0) is 6.42 Å². The zero-order valence-corrected chi connectivity index (χ0v) is 20.4. The van der Waals surface area contributed by atoms with Crippen LogP contribution in [0.5, 0.6) is 0 Å². The number of β-amino-alcohol motifs (C(OH)–C–C–N with tert-alkyl or cyclic N) is 1. The van der Waals surface area contributed by atoms with Crippen LogP contribution in [0.25, 0.3) is 0 Å². The molecule has 1 aliphatic rings. The van der Waals surface area contributed by atoms with Gasteiger partial charge in [0.05, 0.1) is 34.2 Å². The molecular weight excluding hydrogens is 468 g/mol. The van der Waals surface area contributed by atoms with E-state index in [1.807, 2.05) is 25.3 Å². The van der Waals surface area contributed by atoms with Gasteiger partial charge in [-0.05, 0) is 13.8 Å². The zero-order valence-electron chi connectivity index (χ0n) is 18.0. The Morgan fingerprint density at radius 2 is 2.03 bits per heavy atom. The van der Waals surface area contributed by atoms with Crippen molar-refractivity contribution in [1.29, 1.82) is 0 Å². The van der Waals surface area contributed by atoms with E-state index in [-0.39, 0.29) is 12.5 Å². The summed E-state index contributed by atoms with van der Waals surface area (Å²) in [6.07, 6.45) is 2.14. The zero-order chi connectivity index (χ0) is 22.7. The van der Waals surface area contributed by atoms with E-state index in [1.54, 1.807) is 6.20 Å². The molecule has 1 aliphatic heterocycles. The number of nitrogens with one attached hydrogen (secondary N) is 1. The third-order valence-corrected chi connectivity index (χ3v) is 7.60. The van der Waals surface area contributed by atoms with E-state index >= 15 is 0 Å². The molecule has 4 heterocycles. The van der Waals surface area contributed by atoms with Crippen molar-refractivity contribution in [2.75, 3.05) is 49.5 Å². The number of rotatable bonds is 7. The summed E-state index contributed by atoms with van der Waals surface area (Å²) in [6.45, 7) is 8.23. The van der Waals surface area contributed by atoms with Crippen molar-refractivity contribution in [1.82, 2.24) is 19.9 Å². The monoisotopic (exact) mass is 492 g/mol. The van der Waals surface area contributed by atoms with Crippen LogP contribution in [0.4, 0.5) is 11.5 Å². The maximum Gasteiger partial charge on any atom is 0.267 e. The number of aliphatic hydroxyl groups excluding tert-OH is 1. The number of aromatic nitrogens is 3. The second-order valence-corrected chi connectivity index (χ2v) is 10.2. The Morgan fingerprint density at radius 3 is 2.72 bits per heavy atom. The van der Waals surface area contributed by atoms with Crippen LogP contribution >= 0.6 is 34.3 Å². The lowest BCUT2D eigenvalue weighted by atomic mass is 10.2. The highest BCUT2D eigenvalue weighted by Crippen LogP contribution is 2.32. The van der Waals surface area contributed by atoms with E-state index in [0.29, 0.717) is 34.4 Å². The van der Waals surface area contributed by atoms with Crippen LogP contribution < -0.4 is 10.2 Å². The molecule has 0 atom stereocenters. The second kappa shape index (κ2) is 10.2. The van der Waals surface area contributed by atoms with E-state index in [9.17, 15) is 4.79 Å². The van der Waals surface area contributed by atoms with Gasteiger partial charge in [0.2, 0.25) is 0 Å². The van der Waals surface area contributed by atoms with Crippen molar-refractivity contribution in [3.05, 3.63) is 48.9 Å². The Balaban J connectivity index is 1.42. The number of thiophene rings is 1. The molecule has 1 fully saturated rings. The van der Waals surface area contributed by atoms with Crippen molar-refractivity contribution in [3.8, 4) is 0 Å². The predicted molar refractivity (Wildman–Crippen MR) is 129 cm³/mol. The van der Waals surface area contributed by atoms with Crippen molar-refractivity contribution in [2.45, 2.75) is 20.3 Å². The standard InChI is InChI=1S/C21H25ClN6O2S2/c1-13-20(16(22)12-31-13)26-21(30)17-11-23-19(32-17)10-15-9-18(25-14(2)24-15)28-5-3-27(4-6-28)7-8-29/h9,11-12,29H,3-8,10H2,1-2H3,(H,26,30). The highest BCUT2D eigenvalue weighted by Gasteiger charge is 2.19. The maximum atomic E-state index is 12.6. The molecule has 11 heteroatoms. The number of carbonyl (C=O) groups excluding carboxylic acids is 1. The first-order valence-corrected chi connectivity index (χ1v) is 12.4. The number of carbonyl (C=O) groups is 1. The molecule has 0 unspecified atom stereocenters. The van der Waals surface area contributed by atoms with Gasteiger partial charge in [-0.1, -0.05) is 11.6 Å². The van der Waals surface area contributed by atoms with Gasteiger partial charge in [-0.3, -0.25) is 9.69 Å². The summed E-state index contributed by atoms with van der Waals surface area (Å²) in [5.41, 5.74) is 1.54. The normalized spacial score (nSPS) is 14.7. The summed E-state index contributed by atoms with van der Waals surface area (Å²) < 4.78 is 0. The number of aliphatic hydroxyl groups is 1. The van der Waals surface area contributed by atoms with Crippen molar-refractivity contribution in [2.24, 2.45) is 0 Å². The fourth-order valence-corrected chi connectivity index (χ4v) is 5.49. The Morgan fingerprint density at radius 1 is 1.25 bits per heavy atom. The molecule has 0 aliphatic carbocycles. The van der Waals surface area contributed by atoms with Crippen molar-refractivity contribution >= 4 is 51.7 Å². The molecule has 0 aromatic carbocycles. The molecule has 1 amide bonds. The number of hydrogen-bond acceptors (Lipinski definition) is 9. The molecule has 32 heavy (non-hydrogen) atoms. The Hall–Kier alpha value is -2.11. The molecule has 4 rings (SSSR count). The van der Waals surface area contributed by atoms with Gasteiger partial charge in [0.25, 0.3) is 5.91 Å². The first-order chi connectivity index (χ1) is 15.4. The molecular formula is C21H25ClN6O2S2. The summed E-state index contributed by atoms with van der Waals surface area (Å²) >= 11 is 9.01. The van der Waals surface area contributed by atoms with Gasteiger partial charge in [0.15, 0.2) is 0 Å². The SMILES string of the molecule is Cc1nc(Cc2ncc(C(=O)Nc3c(Cl)csc3C)s2)cc(N2CCN(CCO)CC2)n1. The Kier molecular flexibility index (Phi) is 7.37. The van der Waals surface area contributed by atoms with E-state index in [4.69, 9.17) is 16.7 Å². The van der Waals surface area contributed by atoms with Gasteiger partial charge in [-0.25, -0.2) is 15.0 Å². The number of hydrogen-bond donors (Lipinski definition) is 2. The van der Waals surface area contributed by atoms with Crippen LogP contribution in [0, 0.1) is 13.8 Å². The average molecular weight is 493 g/mol. The largest absolute Gasteiger partial charge is 0.395 e. The summed E-state index contributed by atoms with van der Waals surface area (Å²) in [4.78, 5) is 32.2. The number of halogens is 1. The molecule has 3 aromatic heterocycles. The molecule has 2 N–H and O–H groups in total. The third kappa shape index (κ3) is 5.44. The van der Waals surface area contributed by atoms with Gasteiger partial charge >= 0.3 is 0 Å². The predicted octanol–water partition coefficient (Wildman–Crippen LogP) is 3.22. The first-order valence-electron chi connectivity index (χ1n) is 10.4. The second-order valence-electron chi connectivity index (χ2n) is 7.58. The van der Waals surface area contributed by atoms with E-state index in [0.717, 1.165) is 47.6 Å². The van der Waals surface area contributed by atoms with Gasteiger partial charge in [-0.15, -0.1) is 22.7 Å². The van der Waals surface area contributed by atoms with E-state index in [2.05, 4.69) is 30.1 Å². The minimum atomic E-state index is -0.211. The number of amides is 1. The molecule has 0 radical (unpaired) electrons. The molecule has 0 saturated carbocycles. The first kappa shape index (κ1) is 23.1. The summed E-state index contributed by atoms with van der Waals surface area (Å²) in [5, 5.41) is 15.2. The minimum absolute atomic E-state index is 0.185. The lowest BCUT2D eigenvalue weighted by molar-refractivity contribution is 0.103. The lowest BCUT2D eigenvalue weighted by Crippen LogP contribution is -2.47. The molecule has 0 bridgehead atoms. The molecule has 8 nitrogen and oxygen atoms in total. The summed E-state index contributed by atoms with van der Waals surface area (Å²) in [5.74, 6) is 1.41. The maximum absolute atomic E-state index is 12.6. The van der Waals surface area contributed by atoms with Gasteiger partial charge < -0.3 is 15.3 Å². The number of piperazine rings is 1. The van der Waals surface area contributed by atoms with Gasteiger partial charge in [-0.2, -0.15) is 0 Å². The average Bonchev–Trinajstić information content (AvgIpc) is 3.36. The summed E-state index contributed by atoms with van der Waals surface area (Å²) in [6, 6.07) is 2.00. The highest BCUT2D eigenvalue weighted by molar-refractivity contribution is 7.13. The fraction of sp³-hybridized carbons (Fsp3) is 0.429. The molecule has 3 aromatic rings. The smallest absolute Gasteiger partial charge is 0.267 e. The van der Waals surface area contributed by atoms with Crippen LogP contribution in [0.15, 0.2) is 17.6 Å². The quantitative estimate of drug-likeness (QED) is 0.523. The lowest BCUT2D eigenvalue weighted by Gasteiger charge is -2.35. The van der Waals surface area contributed by atoms with Gasteiger partial charge in [0, 0.05) is 55.5 Å². The Bertz CT molecular complexity index is 1070. The molecule has 1 saturated heterocycles. The van der Waals surface area contributed by atoms with Crippen molar-refractivity contribution < 1.29 is 9.90 Å². The number of nitrogens with zero attached hydrogens (tertiary/aromatic N) is 5. The third-order valence-electron chi connectivity index (χ3n) is 5.27. The van der Waals surface area contributed by atoms with Crippen LogP contribution in [-0.4, -0.2) is 70.2 Å². The van der Waals surface area contributed by atoms with E-state index in [1.165, 1.54) is 22.7 Å². The molecule has 170 valence electrons. The van der Waals surface area contributed by atoms with Gasteiger partial charge in [0.1, 0.15) is 16.5 Å². The Labute approximate surface area is 199 Å².